The van der Waals surface area contributed by atoms with Crippen LogP contribution >= 0.6 is 0 Å². The van der Waals surface area contributed by atoms with Crippen molar-refractivity contribution < 1.29 is 28.0 Å². The summed E-state index contributed by atoms with van der Waals surface area (Å²) in [5, 5.41) is 17.2. The van der Waals surface area contributed by atoms with Crippen LogP contribution < -0.4 is 10.1 Å². The predicted molar refractivity (Wildman–Crippen MR) is 104 cm³/mol. The van der Waals surface area contributed by atoms with Crippen LogP contribution in [0.1, 0.15) is 16.1 Å². The number of nitrogens with zero attached hydrogens (tertiary/aromatic N) is 2. The van der Waals surface area contributed by atoms with Crippen LogP contribution in [0.4, 0.5) is 4.39 Å². The Balaban J connectivity index is 1.46. The second kappa shape index (κ2) is 8.34. The van der Waals surface area contributed by atoms with E-state index in [1.165, 1.54) is 30.5 Å². The van der Waals surface area contributed by atoms with E-state index < -0.39 is 12.0 Å². The Morgan fingerprint density at radius 3 is 2.83 bits per heavy atom. The summed E-state index contributed by atoms with van der Waals surface area (Å²) in [6.45, 7) is 1.59. The number of nitrogens with one attached hydrogen (secondary N) is 1. The molecule has 1 atom stereocenters. The first-order chi connectivity index (χ1) is 14.5. The lowest BCUT2D eigenvalue weighted by atomic mass is 10.1. The summed E-state index contributed by atoms with van der Waals surface area (Å²) in [4.78, 5) is 17.2. The molecular formula is C21H18FN3O5. The van der Waals surface area contributed by atoms with Gasteiger partial charge in [0.2, 0.25) is 0 Å². The molecule has 2 N–H and O–H groups in total. The lowest BCUT2D eigenvalue weighted by Crippen LogP contribution is -2.35. The van der Waals surface area contributed by atoms with Gasteiger partial charge in [0.15, 0.2) is 5.76 Å². The van der Waals surface area contributed by atoms with Gasteiger partial charge in [-0.1, -0.05) is 5.16 Å². The van der Waals surface area contributed by atoms with Crippen LogP contribution in [0.3, 0.4) is 0 Å². The third kappa shape index (κ3) is 4.15. The van der Waals surface area contributed by atoms with Crippen molar-refractivity contribution in [3.05, 3.63) is 65.8 Å². The third-order valence-electron chi connectivity index (χ3n) is 4.39. The number of hydrogen-bond acceptors (Lipinski definition) is 7. The molecule has 0 saturated carbocycles. The van der Waals surface area contributed by atoms with Gasteiger partial charge in [0.1, 0.15) is 30.0 Å². The van der Waals surface area contributed by atoms with Crippen molar-refractivity contribution in [2.45, 2.75) is 13.0 Å². The minimum absolute atomic E-state index is 0.0513. The molecule has 0 radical (unpaired) electrons. The van der Waals surface area contributed by atoms with Gasteiger partial charge in [0.05, 0.1) is 22.9 Å². The second-order valence-electron chi connectivity index (χ2n) is 6.61. The number of benzene rings is 1. The van der Waals surface area contributed by atoms with E-state index in [0.29, 0.717) is 33.8 Å². The minimum atomic E-state index is -0.968. The number of hydrogen-bond donors (Lipinski definition) is 2. The van der Waals surface area contributed by atoms with Crippen LogP contribution in [-0.2, 0) is 0 Å². The Morgan fingerprint density at radius 1 is 1.30 bits per heavy atom. The molecule has 0 aliphatic heterocycles. The Morgan fingerprint density at radius 2 is 2.10 bits per heavy atom. The van der Waals surface area contributed by atoms with Crippen molar-refractivity contribution in [3.8, 4) is 17.2 Å². The highest BCUT2D eigenvalue weighted by Crippen LogP contribution is 2.27. The quantitative estimate of drug-likeness (QED) is 0.481. The lowest BCUT2D eigenvalue weighted by Gasteiger charge is -2.14. The highest BCUT2D eigenvalue weighted by atomic mass is 19.1. The number of pyridine rings is 1. The number of aliphatic hydroxyl groups excluding tert-OH is 1. The topological polar surface area (TPSA) is 111 Å². The molecule has 30 heavy (non-hydrogen) atoms. The molecule has 0 spiro atoms. The van der Waals surface area contributed by atoms with Crippen LogP contribution in [0.15, 0.2) is 57.7 Å². The van der Waals surface area contributed by atoms with E-state index in [4.69, 9.17) is 13.7 Å². The fourth-order valence-electron chi connectivity index (χ4n) is 2.91. The zero-order chi connectivity index (χ0) is 21.1. The van der Waals surface area contributed by atoms with Gasteiger partial charge in [0, 0.05) is 6.54 Å². The lowest BCUT2D eigenvalue weighted by molar-refractivity contribution is 0.0845. The molecule has 0 aliphatic rings. The maximum atomic E-state index is 12.9. The summed E-state index contributed by atoms with van der Waals surface area (Å²) in [6, 6.07) is 10.5. The van der Waals surface area contributed by atoms with Gasteiger partial charge in [-0.3, -0.25) is 4.79 Å². The van der Waals surface area contributed by atoms with Crippen molar-refractivity contribution in [3.63, 3.8) is 0 Å². The Hall–Kier alpha value is -3.72. The zero-order valence-corrected chi connectivity index (χ0v) is 16.0. The molecular weight excluding hydrogens is 393 g/mol. The maximum Gasteiger partial charge on any atom is 0.259 e. The third-order valence-corrected chi connectivity index (χ3v) is 4.39. The van der Waals surface area contributed by atoms with Gasteiger partial charge in [-0.15, -0.1) is 0 Å². The standard InChI is InChI=1S/C21H18FN3O5/c1-12-19-16(9-17(18-3-2-8-28-18)24-21(19)30-25-12)20(27)23-10-14(26)11-29-15-6-4-13(22)5-7-15/h2-9,14,26H,10-11H2,1H3,(H,23,27). The molecule has 1 amide bonds. The monoisotopic (exact) mass is 411 g/mol. The minimum Gasteiger partial charge on any atom is -0.491 e. The van der Waals surface area contributed by atoms with Crippen molar-refractivity contribution in [2.75, 3.05) is 13.2 Å². The van der Waals surface area contributed by atoms with Crippen LogP contribution in [-0.4, -0.2) is 40.4 Å². The van der Waals surface area contributed by atoms with Gasteiger partial charge in [-0.25, -0.2) is 9.37 Å². The number of rotatable bonds is 7. The first-order valence-corrected chi connectivity index (χ1v) is 9.17. The predicted octanol–water partition coefficient (Wildman–Crippen LogP) is 3.10. The smallest absolute Gasteiger partial charge is 0.259 e. The molecule has 4 rings (SSSR count). The van der Waals surface area contributed by atoms with E-state index in [-0.39, 0.29) is 24.7 Å². The molecule has 9 heteroatoms. The van der Waals surface area contributed by atoms with E-state index in [2.05, 4.69) is 15.5 Å². The van der Waals surface area contributed by atoms with Gasteiger partial charge < -0.3 is 24.1 Å². The molecule has 0 bridgehead atoms. The molecule has 0 saturated heterocycles. The van der Waals surface area contributed by atoms with E-state index in [9.17, 15) is 14.3 Å². The van der Waals surface area contributed by atoms with Crippen molar-refractivity contribution in [2.24, 2.45) is 0 Å². The number of aryl methyl sites for hydroxylation is 1. The summed E-state index contributed by atoms with van der Waals surface area (Å²) in [5.74, 6) is 0.0904. The SMILES string of the molecule is Cc1noc2nc(-c3ccco3)cc(C(=O)NCC(O)COc3ccc(F)cc3)c12. The number of ether oxygens (including phenoxy) is 1. The summed E-state index contributed by atoms with van der Waals surface area (Å²) in [6.07, 6.45) is 0.536. The van der Waals surface area contributed by atoms with Crippen molar-refractivity contribution in [1.29, 1.82) is 0 Å². The number of halogens is 1. The maximum absolute atomic E-state index is 12.9. The number of amides is 1. The largest absolute Gasteiger partial charge is 0.491 e. The zero-order valence-electron chi connectivity index (χ0n) is 16.0. The van der Waals surface area contributed by atoms with Crippen molar-refractivity contribution >= 4 is 17.0 Å². The molecule has 3 heterocycles. The molecule has 1 aromatic carbocycles. The number of carbonyl (C=O) groups is 1. The van der Waals surface area contributed by atoms with Crippen LogP contribution in [0, 0.1) is 12.7 Å². The second-order valence-corrected chi connectivity index (χ2v) is 6.61. The molecule has 154 valence electrons. The average Bonchev–Trinajstić information content (AvgIpc) is 3.41. The van der Waals surface area contributed by atoms with E-state index in [0.717, 1.165) is 0 Å². The van der Waals surface area contributed by atoms with Gasteiger partial charge in [-0.2, -0.15) is 0 Å². The summed E-state index contributed by atoms with van der Waals surface area (Å²) in [5.41, 5.74) is 1.46. The summed E-state index contributed by atoms with van der Waals surface area (Å²) < 4.78 is 28.9. The van der Waals surface area contributed by atoms with Gasteiger partial charge in [-0.05, 0) is 49.4 Å². The highest BCUT2D eigenvalue weighted by molar-refractivity contribution is 6.06. The molecule has 4 aromatic rings. The van der Waals surface area contributed by atoms with E-state index >= 15 is 0 Å². The highest BCUT2D eigenvalue weighted by Gasteiger charge is 2.20. The van der Waals surface area contributed by atoms with Crippen molar-refractivity contribution in [1.82, 2.24) is 15.5 Å². The molecule has 0 fully saturated rings. The fourth-order valence-corrected chi connectivity index (χ4v) is 2.91. The number of aliphatic hydroxyl groups is 1. The number of carbonyl (C=O) groups excluding carboxylic acids is 1. The van der Waals surface area contributed by atoms with Crippen LogP contribution in [0.2, 0.25) is 0 Å². The van der Waals surface area contributed by atoms with Crippen LogP contribution in [0.25, 0.3) is 22.6 Å². The average molecular weight is 411 g/mol. The first-order valence-electron chi connectivity index (χ1n) is 9.17. The normalized spacial score (nSPS) is 12.1. The molecule has 8 nitrogen and oxygen atoms in total. The Kier molecular flexibility index (Phi) is 5.44. The fraction of sp³-hybridized carbons (Fsp3) is 0.190. The van der Waals surface area contributed by atoms with Gasteiger partial charge in [0.25, 0.3) is 11.6 Å². The first kappa shape index (κ1) is 19.6. The Labute approximate surface area is 170 Å². The van der Waals surface area contributed by atoms with E-state index in [1.54, 1.807) is 25.1 Å². The Bertz CT molecular complexity index is 1160. The number of aromatic nitrogens is 2. The molecule has 0 aliphatic carbocycles. The van der Waals surface area contributed by atoms with E-state index in [1.807, 2.05) is 0 Å². The number of furan rings is 1. The van der Waals surface area contributed by atoms with Gasteiger partial charge >= 0.3 is 0 Å². The summed E-state index contributed by atoms with van der Waals surface area (Å²) in [7, 11) is 0. The molecule has 3 aromatic heterocycles. The van der Waals surface area contributed by atoms with Crippen LogP contribution in [0.5, 0.6) is 5.75 Å². The summed E-state index contributed by atoms with van der Waals surface area (Å²) >= 11 is 0. The number of fused-ring (bicyclic) bond motifs is 1. The molecule has 1 unspecified atom stereocenters.